The van der Waals surface area contributed by atoms with Crippen molar-refractivity contribution in [2.75, 3.05) is 6.79 Å². The highest BCUT2D eigenvalue weighted by atomic mass is 127. The molecule has 0 aliphatic carbocycles. The van der Waals surface area contributed by atoms with E-state index in [4.69, 9.17) is 13.9 Å². The molecule has 2 rings (SSSR count). The Hall–Kier alpha value is 1.07. The molecule has 190 valence electrons. The van der Waals surface area contributed by atoms with E-state index in [-0.39, 0.29) is 14.1 Å². The molecule has 0 saturated heterocycles. The van der Waals surface area contributed by atoms with Gasteiger partial charge in [-0.3, -0.25) is 0 Å². The van der Waals surface area contributed by atoms with Crippen molar-refractivity contribution in [1.29, 1.82) is 0 Å². The number of aliphatic hydroxyl groups is 1. The van der Waals surface area contributed by atoms with Gasteiger partial charge in [-0.15, -0.1) is 0 Å². The number of ether oxygens (including phenoxy) is 2. The highest BCUT2D eigenvalue weighted by Crippen LogP contribution is 2.41. The lowest BCUT2D eigenvalue weighted by molar-refractivity contribution is 0.0754. The first-order chi connectivity index (χ1) is 14.9. The Morgan fingerprint density at radius 1 is 0.909 bits per heavy atom. The summed E-state index contributed by atoms with van der Waals surface area (Å²) in [6.45, 7) is 23.7. The maximum atomic E-state index is 11.0. The molecule has 0 aromatic heterocycles. The van der Waals surface area contributed by atoms with Gasteiger partial charge in [-0.25, -0.2) is 0 Å². The quantitative estimate of drug-likeness (QED) is 0.149. The van der Waals surface area contributed by atoms with Crippen molar-refractivity contribution in [3.05, 3.63) is 23.8 Å². The summed E-state index contributed by atoms with van der Waals surface area (Å²) < 4.78 is 19.0. The van der Waals surface area contributed by atoms with E-state index < -0.39 is 29.6 Å². The van der Waals surface area contributed by atoms with E-state index in [2.05, 4.69) is 123 Å². The first kappa shape index (κ1) is 30.3. The third-order valence-electron chi connectivity index (χ3n) is 6.89. The summed E-state index contributed by atoms with van der Waals surface area (Å²) in [6.07, 6.45) is 1.31. The van der Waals surface area contributed by atoms with Crippen LogP contribution in [0.25, 0.3) is 0 Å². The van der Waals surface area contributed by atoms with Crippen LogP contribution < -0.4 is 9.47 Å². The third kappa shape index (κ3) is 6.89. The molecule has 1 N–H and O–H groups in total. The Morgan fingerprint density at radius 2 is 1.42 bits per heavy atom. The van der Waals surface area contributed by atoms with Crippen LogP contribution in [0.15, 0.2) is 18.2 Å². The fourth-order valence-electron chi connectivity index (χ4n) is 6.44. The zero-order valence-corrected chi connectivity index (χ0v) is 30.4. The van der Waals surface area contributed by atoms with Gasteiger partial charge < -0.3 is 19.0 Å². The number of hydrogen-bond donors (Lipinski definition) is 1. The summed E-state index contributed by atoms with van der Waals surface area (Å²) in [6, 6.07) is 6.29. The molecule has 0 bridgehead atoms. The van der Waals surface area contributed by atoms with E-state index in [1.54, 1.807) is 0 Å². The second kappa shape index (κ2) is 11.2. The topological polar surface area (TPSA) is 47.9 Å². The molecule has 1 aliphatic heterocycles. The Morgan fingerprint density at radius 3 is 1.91 bits per heavy atom. The first-order valence-corrected chi connectivity index (χ1v) is 29.8. The van der Waals surface area contributed by atoms with Gasteiger partial charge in [0.15, 0.2) is 18.4 Å². The number of hydrogen-bond acceptors (Lipinski definition) is 4. The van der Waals surface area contributed by atoms with Crippen molar-refractivity contribution in [1.82, 2.24) is 0 Å². The highest BCUT2D eigenvalue weighted by molar-refractivity contribution is 14.2. The Kier molecular flexibility index (Phi) is 10.3. The predicted molar refractivity (Wildman–Crippen MR) is 169 cm³/mol. The standard InChI is InChI=1S/C23H44I2O4Si4/c1-17(13-18-11-12-20-22(14-18)28-16-27-20)21(15-19(26)23(24)25)29-33(30(2,3)4,31(5,6)7)32(8,9)10/h11-12,14,17,19,21,23,26H,13,15-16H2,1-10H3/t17-,19+,21-/m1/s1. The highest BCUT2D eigenvalue weighted by Gasteiger charge is 2.64. The number of alkyl halides is 2. The molecule has 0 unspecified atom stereocenters. The molecule has 1 aromatic rings. The fourth-order valence-corrected chi connectivity index (χ4v) is 101. The van der Waals surface area contributed by atoms with Crippen LogP contribution in [-0.2, 0) is 10.8 Å². The summed E-state index contributed by atoms with van der Waals surface area (Å²) in [7, 11) is -4.75. The molecule has 33 heavy (non-hydrogen) atoms. The van der Waals surface area contributed by atoms with Gasteiger partial charge in [-0.1, -0.05) is 117 Å². The zero-order valence-electron chi connectivity index (χ0n) is 22.1. The second-order valence-corrected chi connectivity index (χ2v) is 57.1. The van der Waals surface area contributed by atoms with E-state index in [9.17, 15) is 5.11 Å². The Balaban J connectivity index is 2.46. The van der Waals surface area contributed by atoms with E-state index in [1.807, 2.05) is 6.07 Å². The maximum absolute atomic E-state index is 11.0. The molecule has 0 radical (unpaired) electrons. The predicted octanol–water partition coefficient (Wildman–Crippen LogP) is 7.12. The average molecular weight is 751 g/mol. The molecule has 0 saturated carbocycles. The molecule has 0 amide bonds. The number of fused-ring (bicyclic) bond motifs is 1. The molecule has 0 fully saturated rings. The SMILES string of the molecule is C[C@H](Cc1ccc2c(c1)OCO2)[C@@H](C[C@H](O)C(I)I)O[Si]([Si](C)(C)C)([Si](C)(C)C)[Si](C)(C)C. The zero-order chi connectivity index (χ0) is 25.4. The summed E-state index contributed by atoms with van der Waals surface area (Å²) in [5.74, 6) is 1.98. The van der Waals surface area contributed by atoms with Gasteiger partial charge >= 0.3 is 0 Å². The normalized spacial score (nSPS) is 17.9. The van der Waals surface area contributed by atoms with Gasteiger partial charge in [-0.2, -0.15) is 0 Å². The van der Waals surface area contributed by atoms with E-state index >= 15 is 0 Å². The third-order valence-corrected chi connectivity index (χ3v) is 76.1. The van der Waals surface area contributed by atoms with Crippen molar-refractivity contribution in [2.24, 2.45) is 5.92 Å². The van der Waals surface area contributed by atoms with Crippen LogP contribution in [0, 0.1) is 5.92 Å². The van der Waals surface area contributed by atoms with Gasteiger partial charge in [-0.05, 0) is 30.0 Å². The van der Waals surface area contributed by atoms with Gasteiger partial charge in [0.1, 0.15) is 0 Å². The van der Waals surface area contributed by atoms with Crippen molar-refractivity contribution in [3.63, 3.8) is 0 Å². The molecule has 0 spiro atoms. The largest absolute Gasteiger partial charge is 0.454 e. The van der Waals surface area contributed by atoms with Gasteiger partial charge in [0.2, 0.25) is 6.79 Å². The smallest absolute Gasteiger partial charge is 0.231 e. The summed E-state index contributed by atoms with van der Waals surface area (Å²) >= 11 is 4.69. The van der Waals surface area contributed by atoms with Crippen LogP contribution in [-0.4, -0.2) is 55.7 Å². The Bertz CT molecular complexity index is 767. The number of aliphatic hydroxyl groups excluding tert-OH is 1. The van der Waals surface area contributed by atoms with Crippen LogP contribution in [0.4, 0.5) is 0 Å². The molecule has 4 nitrogen and oxygen atoms in total. The van der Waals surface area contributed by atoms with E-state index in [0.717, 1.165) is 17.9 Å². The van der Waals surface area contributed by atoms with Gasteiger partial charge in [0.25, 0.3) is 0 Å². The van der Waals surface area contributed by atoms with Crippen LogP contribution in [0.5, 0.6) is 11.5 Å². The summed E-state index contributed by atoms with van der Waals surface area (Å²) in [5, 5.41) is 11.0. The molecule has 1 heterocycles. The molecule has 1 aromatic carbocycles. The Labute approximate surface area is 232 Å². The summed E-state index contributed by atoms with van der Waals surface area (Å²) in [4.78, 5) is 0. The molecule has 3 atom stereocenters. The van der Waals surface area contributed by atoms with Crippen LogP contribution in [0.3, 0.4) is 0 Å². The van der Waals surface area contributed by atoms with Crippen LogP contribution in [0.1, 0.15) is 18.9 Å². The van der Waals surface area contributed by atoms with Crippen LogP contribution >= 0.6 is 45.2 Å². The molecule has 1 aliphatic rings. The average Bonchev–Trinajstić information content (AvgIpc) is 3.09. The first-order valence-electron chi connectivity index (χ1n) is 11.9. The van der Waals surface area contributed by atoms with E-state index in [0.29, 0.717) is 19.1 Å². The molecular weight excluding hydrogens is 706 g/mol. The minimum atomic E-state index is -2.01. The van der Waals surface area contributed by atoms with Crippen molar-refractivity contribution >= 4 is 74.8 Å². The molecular formula is C23H44I2O4Si4. The number of rotatable bonds is 11. The fraction of sp³-hybridized carbons (Fsp3) is 0.739. The number of benzene rings is 1. The number of halogens is 2. The molecule has 10 heteroatoms. The van der Waals surface area contributed by atoms with Crippen molar-refractivity contribution < 1.29 is 19.0 Å². The minimum Gasteiger partial charge on any atom is -0.454 e. The lowest BCUT2D eigenvalue weighted by atomic mass is 9.92. The maximum Gasteiger partial charge on any atom is 0.231 e. The van der Waals surface area contributed by atoms with Gasteiger partial charge in [0.05, 0.1) is 30.8 Å². The monoisotopic (exact) mass is 750 g/mol. The van der Waals surface area contributed by atoms with Gasteiger partial charge in [0, 0.05) is 12.5 Å². The summed E-state index contributed by atoms with van der Waals surface area (Å²) in [5.41, 5.74) is 1.25. The van der Waals surface area contributed by atoms with Crippen molar-refractivity contribution in [2.45, 2.75) is 92.8 Å². The van der Waals surface area contributed by atoms with Crippen molar-refractivity contribution in [3.8, 4) is 11.5 Å². The van der Waals surface area contributed by atoms with Crippen LogP contribution in [0.2, 0.25) is 58.9 Å². The second-order valence-electron chi connectivity index (χ2n) is 12.6. The van der Waals surface area contributed by atoms with E-state index in [1.165, 1.54) is 5.56 Å². The lowest BCUT2D eigenvalue weighted by Gasteiger charge is -2.58. The lowest BCUT2D eigenvalue weighted by Crippen LogP contribution is -2.85. The minimum absolute atomic E-state index is 0.0642.